The highest BCUT2D eigenvalue weighted by atomic mass is 79.9. The number of ether oxygens (including phenoxy) is 3. The van der Waals surface area contributed by atoms with Crippen LogP contribution >= 0.6 is 27.5 Å². The van der Waals surface area contributed by atoms with E-state index in [4.69, 9.17) is 25.8 Å². The first-order chi connectivity index (χ1) is 9.19. The van der Waals surface area contributed by atoms with E-state index in [0.717, 1.165) is 0 Å². The van der Waals surface area contributed by atoms with Gasteiger partial charge in [0.05, 0.1) is 29.4 Å². The zero-order valence-electron chi connectivity index (χ0n) is 12.0. The lowest BCUT2D eigenvalue weighted by Crippen LogP contribution is -2.27. The Balaban J connectivity index is 3.08. The van der Waals surface area contributed by atoms with Gasteiger partial charge in [-0.1, -0.05) is 11.6 Å². The predicted molar refractivity (Wildman–Crippen MR) is 82.1 cm³/mol. The van der Waals surface area contributed by atoms with Crippen molar-refractivity contribution in [2.45, 2.75) is 26.4 Å². The maximum Gasteiger partial charge on any atom is 0.412 e. The molecule has 0 fully saturated rings. The first kappa shape index (κ1) is 16.9. The molecule has 112 valence electrons. The zero-order valence-corrected chi connectivity index (χ0v) is 14.3. The Hall–Kier alpha value is -1.14. The number of hydrogen-bond acceptors (Lipinski definition) is 4. The summed E-state index contributed by atoms with van der Waals surface area (Å²) < 4.78 is 16.1. The van der Waals surface area contributed by atoms with Gasteiger partial charge in [0.25, 0.3) is 0 Å². The molecule has 0 radical (unpaired) electrons. The molecule has 0 aliphatic carbocycles. The van der Waals surface area contributed by atoms with Crippen LogP contribution in [0.1, 0.15) is 20.8 Å². The number of nitrogens with one attached hydrogen (secondary N) is 1. The Morgan fingerprint density at radius 3 is 2.25 bits per heavy atom. The summed E-state index contributed by atoms with van der Waals surface area (Å²) in [5, 5.41) is 2.92. The van der Waals surface area contributed by atoms with Gasteiger partial charge in [-0.25, -0.2) is 4.79 Å². The maximum absolute atomic E-state index is 11.8. The van der Waals surface area contributed by atoms with Crippen LogP contribution in [0.5, 0.6) is 11.5 Å². The van der Waals surface area contributed by atoms with Crippen LogP contribution in [-0.4, -0.2) is 25.9 Å². The molecule has 0 atom stereocenters. The minimum absolute atomic E-state index is 0.318. The number of carbonyl (C=O) groups excluding carboxylic acids is 1. The standard InChI is InChI=1S/C13H17BrClNO4/c1-13(2,3)20-12(17)16-8-6-7(15)10(18-4)11(19-5)9(8)14/h6H,1-5H3,(H,16,17). The van der Waals surface area contributed by atoms with Gasteiger partial charge in [0.2, 0.25) is 0 Å². The molecule has 0 aromatic heterocycles. The van der Waals surface area contributed by atoms with Crippen molar-refractivity contribution in [2.75, 3.05) is 19.5 Å². The zero-order chi connectivity index (χ0) is 15.5. The monoisotopic (exact) mass is 365 g/mol. The SMILES string of the molecule is COc1c(Cl)cc(NC(=O)OC(C)(C)C)c(Br)c1OC. The molecule has 0 aliphatic rings. The summed E-state index contributed by atoms with van der Waals surface area (Å²) in [4.78, 5) is 11.8. The van der Waals surface area contributed by atoms with Gasteiger partial charge in [0, 0.05) is 0 Å². The second-order valence-electron chi connectivity index (χ2n) is 4.91. The van der Waals surface area contributed by atoms with E-state index < -0.39 is 11.7 Å². The molecular formula is C13H17BrClNO4. The number of anilines is 1. The van der Waals surface area contributed by atoms with Gasteiger partial charge in [0.1, 0.15) is 5.60 Å². The van der Waals surface area contributed by atoms with Gasteiger partial charge < -0.3 is 14.2 Å². The largest absolute Gasteiger partial charge is 0.492 e. The van der Waals surface area contributed by atoms with Crippen LogP contribution in [0.2, 0.25) is 5.02 Å². The van der Waals surface area contributed by atoms with E-state index in [1.54, 1.807) is 26.8 Å². The molecule has 7 heteroatoms. The fourth-order valence-electron chi connectivity index (χ4n) is 1.46. The van der Waals surface area contributed by atoms with Gasteiger partial charge in [-0.05, 0) is 42.8 Å². The molecule has 0 saturated heterocycles. The summed E-state index contributed by atoms with van der Waals surface area (Å²) in [6.07, 6.45) is -0.582. The normalized spacial score (nSPS) is 10.9. The van der Waals surface area contributed by atoms with Crippen molar-refractivity contribution in [1.29, 1.82) is 0 Å². The molecule has 1 amide bonds. The van der Waals surface area contributed by atoms with E-state index in [0.29, 0.717) is 26.7 Å². The lowest BCUT2D eigenvalue weighted by molar-refractivity contribution is 0.0636. The van der Waals surface area contributed by atoms with Crippen LogP contribution in [0.15, 0.2) is 10.5 Å². The highest BCUT2D eigenvalue weighted by molar-refractivity contribution is 9.10. The highest BCUT2D eigenvalue weighted by Gasteiger charge is 2.21. The van der Waals surface area contributed by atoms with Crippen LogP contribution in [0, 0.1) is 0 Å². The Bertz CT molecular complexity index is 514. The molecule has 0 bridgehead atoms. The number of halogens is 2. The molecule has 1 N–H and O–H groups in total. The van der Waals surface area contributed by atoms with Crippen molar-refractivity contribution in [2.24, 2.45) is 0 Å². The smallest absolute Gasteiger partial charge is 0.412 e. The van der Waals surface area contributed by atoms with Gasteiger partial charge in [-0.2, -0.15) is 0 Å². The number of rotatable bonds is 3. The van der Waals surface area contributed by atoms with Crippen molar-refractivity contribution in [3.05, 3.63) is 15.6 Å². The molecule has 1 aromatic rings. The minimum atomic E-state index is -0.586. The molecule has 0 heterocycles. The predicted octanol–water partition coefficient (Wildman–Crippen LogP) is 4.47. The summed E-state index contributed by atoms with van der Waals surface area (Å²) in [5.41, 5.74) is -0.154. The maximum atomic E-state index is 11.8. The van der Waals surface area contributed by atoms with Gasteiger partial charge >= 0.3 is 6.09 Å². The lowest BCUT2D eigenvalue weighted by Gasteiger charge is -2.21. The van der Waals surface area contributed by atoms with E-state index in [9.17, 15) is 4.79 Å². The van der Waals surface area contributed by atoms with Crippen molar-refractivity contribution < 1.29 is 19.0 Å². The van der Waals surface area contributed by atoms with Crippen molar-refractivity contribution in [1.82, 2.24) is 0 Å². The number of methoxy groups -OCH3 is 2. The fourth-order valence-corrected chi connectivity index (χ4v) is 2.29. The fraction of sp³-hybridized carbons (Fsp3) is 0.462. The van der Waals surface area contributed by atoms with Gasteiger partial charge in [0.15, 0.2) is 11.5 Å². The summed E-state index contributed by atoms with van der Waals surface area (Å²) in [6.45, 7) is 5.34. The van der Waals surface area contributed by atoms with Crippen LogP contribution in [-0.2, 0) is 4.74 Å². The van der Waals surface area contributed by atoms with Gasteiger partial charge in [-0.3, -0.25) is 5.32 Å². The van der Waals surface area contributed by atoms with E-state index >= 15 is 0 Å². The van der Waals surface area contributed by atoms with E-state index in [2.05, 4.69) is 21.2 Å². The molecule has 5 nitrogen and oxygen atoms in total. The Morgan fingerprint density at radius 2 is 1.80 bits per heavy atom. The highest BCUT2D eigenvalue weighted by Crippen LogP contribution is 2.45. The molecular weight excluding hydrogens is 350 g/mol. The van der Waals surface area contributed by atoms with E-state index in [1.807, 2.05) is 0 Å². The Morgan fingerprint density at radius 1 is 1.25 bits per heavy atom. The Kier molecular flexibility index (Phi) is 5.53. The average molecular weight is 367 g/mol. The lowest BCUT2D eigenvalue weighted by atomic mass is 10.2. The third-order valence-electron chi connectivity index (χ3n) is 2.17. The topological polar surface area (TPSA) is 56.8 Å². The minimum Gasteiger partial charge on any atom is -0.492 e. The van der Waals surface area contributed by atoms with E-state index in [-0.39, 0.29) is 0 Å². The summed E-state index contributed by atoms with van der Waals surface area (Å²) in [6, 6.07) is 1.55. The summed E-state index contributed by atoms with van der Waals surface area (Å²) in [7, 11) is 2.97. The van der Waals surface area contributed by atoms with Crippen LogP contribution in [0.4, 0.5) is 10.5 Å². The Labute approximate surface area is 131 Å². The average Bonchev–Trinajstić information content (AvgIpc) is 2.30. The summed E-state index contributed by atoms with van der Waals surface area (Å²) in [5.74, 6) is 0.779. The van der Waals surface area contributed by atoms with Crippen LogP contribution < -0.4 is 14.8 Å². The first-order valence-corrected chi connectivity index (χ1v) is 6.96. The van der Waals surface area contributed by atoms with Crippen molar-refractivity contribution in [3.8, 4) is 11.5 Å². The third-order valence-corrected chi connectivity index (χ3v) is 3.24. The van der Waals surface area contributed by atoms with Crippen LogP contribution in [0.3, 0.4) is 0 Å². The van der Waals surface area contributed by atoms with Crippen molar-refractivity contribution >= 4 is 39.3 Å². The molecule has 0 saturated carbocycles. The summed E-state index contributed by atoms with van der Waals surface area (Å²) >= 11 is 9.43. The molecule has 1 aromatic carbocycles. The second kappa shape index (κ2) is 6.54. The molecule has 0 aliphatic heterocycles. The van der Waals surface area contributed by atoms with E-state index in [1.165, 1.54) is 14.2 Å². The first-order valence-electron chi connectivity index (χ1n) is 5.79. The number of hydrogen-bond donors (Lipinski definition) is 1. The number of benzene rings is 1. The molecule has 0 spiro atoms. The van der Waals surface area contributed by atoms with Crippen LogP contribution in [0.25, 0.3) is 0 Å². The third kappa shape index (κ3) is 4.18. The number of carbonyl (C=O) groups is 1. The van der Waals surface area contributed by atoms with Gasteiger partial charge in [-0.15, -0.1) is 0 Å². The van der Waals surface area contributed by atoms with Crippen molar-refractivity contribution in [3.63, 3.8) is 0 Å². The quantitative estimate of drug-likeness (QED) is 0.857. The second-order valence-corrected chi connectivity index (χ2v) is 6.11. The molecule has 1 rings (SSSR count). The number of amides is 1. The molecule has 0 unspecified atom stereocenters. The molecule has 20 heavy (non-hydrogen) atoms.